The molecule has 1 heterocycles. The molecular weight excluding hydrogens is 460 g/mol. The maximum absolute atomic E-state index is 11.1. The second kappa shape index (κ2) is 11.7. The van der Waals surface area contributed by atoms with Crippen LogP contribution in [0.15, 0.2) is 77.5 Å². The van der Waals surface area contributed by atoms with Gasteiger partial charge in [-0.15, -0.1) is 0 Å². The monoisotopic (exact) mass is 496 g/mol. The highest BCUT2D eigenvalue weighted by atomic mass is 32.2. The summed E-state index contributed by atoms with van der Waals surface area (Å²) in [5.41, 5.74) is 2.85. The van der Waals surface area contributed by atoms with Crippen LogP contribution in [0.25, 0.3) is 0 Å². The topological polar surface area (TPSA) is 79.2 Å². The number of para-hydroxylation sites is 1. The van der Waals surface area contributed by atoms with Crippen molar-refractivity contribution < 1.29 is 17.7 Å². The molecule has 0 spiro atoms. The summed E-state index contributed by atoms with van der Waals surface area (Å²) in [7, 11) is -3.96. The molecule has 0 aromatic heterocycles. The van der Waals surface area contributed by atoms with Crippen LogP contribution in [0.3, 0.4) is 0 Å². The van der Waals surface area contributed by atoms with E-state index in [1.807, 2.05) is 55.6 Å². The molecule has 0 radical (unpaired) electrons. The van der Waals surface area contributed by atoms with E-state index in [0.29, 0.717) is 13.0 Å². The molecule has 1 aliphatic rings. The summed E-state index contributed by atoms with van der Waals surface area (Å²) in [5.74, 6) is 1.57. The van der Waals surface area contributed by atoms with E-state index in [4.69, 9.17) is 9.29 Å². The maximum Gasteiger partial charge on any atom is 0.264 e. The van der Waals surface area contributed by atoms with Crippen LogP contribution in [0, 0.1) is 5.41 Å². The van der Waals surface area contributed by atoms with Gasteiger partial charge in [0.1, 0.15) is 11.5 Å². The molecule has 35 heavy (non-hydrogen) atoms. The van der Waals surface area contributed by atoms with Crippen LogP contribution >= 0.6 is 0 Å². The number of hydrogen-bond donors (Lipinski definition) is 1. The summed E-state index contributed by atoms with van der Waals surface area (Å²) >= 11 is 0. The van der Waals surface area contributed by atoms with Gasteiger partial charge < -0.3 is 9.64 Å². The number of rotatable bonds is 10. The number of anilines is 1. The lowest BCUT2D eigenvalue weighted by atomic mass is 9.86. The predicted octanol–water partition coefficient (Wildman–Crippen LogP) is 6.55. The molecular formula is C28H36N2O4S. The van der Waals surface area contributed by atoms with Gasteiger partial charge in [0.15, 0.2) is 0 Å². The molecule has 188 valence electrons. The fourth-order valence-corrected chi connectivity index (χ4v) is 4.41. The lowest BCUT2D eigenvalue weighted by Gasteiger charge is -2.32. The fraction of sp³-hybridized carbons (Fsp3) is 0.393. The van der Waals surface area contributed by atoms with E-state index in [1.165, 1.54) is 0 Å². The van der Waals surface area contributed by atoms with Gasteiger partial charge in [0.05, 0.1) is 11.4 Å². The van der Waals surface area contributed by atoms with Crippen LogP contribution in [0.1, 0.15) is 52.0 Å². The van der Waals surface area contributed by atoms with Gasteiger partial charge in [-0.05, 0) is 37.6 Å². The highest BCUT2D eigenvalue weighted by Gasteiger charge is 2.28. The number of fused-ring (bicyclic) bond motifs is 1. The van der Waals surface area contributed by atoms with E-state index in [0.717, 1.165) is 41.4 Å². The highest BCUT2D eigenvalue weighted by molar-refractivity contribution is 7.85. The van der Waals surface area contributed by atoms with Gasteiger partial charge >= 0.3 is 0 Å². The van der Waals surface area contributed by atoms with E-state index in [2.05, 4.69) is 55.0 Å². The minimum atomic E-state index is -3.96. The molecule has 0 saturated carbocycles. The second-order valence-electron chi connectivity index (χ2n) is 9.66. The highest BCUT2D eigenvalue weighted by Crippen LogP contribution is 2.42. The summed E-state index contributed by atoms with van der Waals surface area (Å²) in [6.45, 7) is 9.67. The van der Waals surface area contributed by atoms with Crippen molar-refractivity contribution >= 4 is 27.7 Å². The van der Waals surface area contributed by atoms with Crippen molar-refractivity contribution in [3.05, 3.63) is 78.1 Å². The van der Waals surface area contributed by atoms with Crippen molar-refractivity contribution in [3.8, 4) is 5.75 Å². The molecule has 2 aromatic rings. The summed E-state index contributed by atoms with van der Waals surface area (Å²) in [4.78, 5) is 6.58. The van der Waals surface area contributed by atoms with Crippen LogP contribution in [0.4, 0.5) is 11.4 Å². The number of hydrogen-bond acceptors (Lipinski definition) is 5. The minimum absolute atomic E-state index is 0.0850. The molecule has 3 rings (SSSR count). The van der Waals surface area contributed by atoms with Crippen molar-refractivity contribution in [1.82, 2.24) is 0 Å². The summed E-state index contributed by atoms with van der Waals surface area (Å²) < 4.78 is 37.6. The Kier molecular flexibility index (Phi) is 8.92. The van der Waals surface area contributed by atoms with Gasteiger partial charge in [-0.1, -0.05) is 57.2 Å². The van der Waals surface area contributed by atoms with Gasteiger partial charge in [0.2, 0.25) is 0 Å². The molecule has 2 aromatic carbocycles. The largest absolute Gasteiger partial charge is 0.461 e. The Bertz CT molecular complexity index is 1180. The molecule has 1 N–H and O–H groups in total. The van der Waals surface area contributed by atoms with Gasteiger partial charge in [0.25, 0.3) is 10.1 Å². The van der Waals surface area contributed by atoms with Gasteiger partial charge in [-0.25, -0.2) is 0 Å². The van der Waals surface area contributed by atoms with E-state index in [9.17, 15) is 8.42 Å². The van der Waals surface area contributed by atoms with Crippen molar-refractivity contribution in [2.45, 2.75) is 46.5 Å². The van der Waals surface area contributed by atoms with Crippen LogP contribution in [0.2, 0.25) is 0 Å². The normalized spacial score (nSPS) is 16.3. The van der Waals surface area contributed by atoms with Gasteiger partial charge in [-0.2, -0.15) is 8.42 Å². The molecule has 0 aliphatic carbocycles. The lowest BCUT2D eigenvalue weighted by Crippen LogP contribution is -2.26. The first-order valence-electron chi connectivity index (χ1n) is 12.1. The number of benzene rings is 2. The quantitative estimate of drug-likeness (QED) is 0.229. The first-order valence-corrected chi connectivity index (χ1v) is 13.7. The van der Waals surface area contributed by atoms with E-state index >= 15 is 0 Å². The SMILES string of the molecule is CCN(CCCS(=O)(=O)O)c1ccc2c(c1)OC(C(C)(C)C)=CC2C=CCC=Nc1ccccc1. The zero-order valence-corrected chi connectivity index (χ0v) is 21.8. The van der Waals surface area contributed by atoms with E-state index in [1.54, 1.807) is 0 Å². The van der Waals surface area contributed by atoms with Gasteiger partial charge in [-0.3, -0.25) is 9.55 Å². The Labute approximate surface area is 209 Å². The molecule has 1 unspecified atom stereocenters. The molecule has 1 atom stereocenters. The molecule has 1 aliphatic heterocycles. The average molecular weight is 497 g/mol. The zero-order valence-electron chi connectivity index (χ0n) is 21.0. The summed E-state index contributed by atoms with van der Waals surface area (Å²) in [5, 5.41) is 0. The number of ether oxygens (including phenoxy) is 1. The van der Waals surface area contributed by atoms with E-state index in [-0.39, 0.29) is 17.1 Å². The lowest BCUT2D eigenvalue weighted by molar-refractivity contribution is 0.282. The number of aliphatic imine (C=N–C) groups is 1. The van der Waals surface area contributed by atoms with E-state index < -0.39 is 10.1 Å². The van der Waals surface area contributed by atoms with Crippen molar-refractivity contribution in [2.24, 2.45) is 10.4 Å². The van der Waals surface area contributed by atoms with Crippen LogP contribution in [0.5, 0.6) is 5.75 Å². The van der Waals surface area contributed by atoms with Crippen LogP contribution in [-0.4, -0.2) is 38.0 Å². The molecule has 6 nitrogen and oxygen atoms in total. The van der Waals surface area contributed by atoms with Gasteiger partial charge in [0, 0.05) is 54.4 Å². The second-order valence-corrected chi connectivity index (χ2v) is 11.2. The molecule has 0 saturated heterocycles. The molecule has 0 amide bonds. The molecule has 0 fully saturated rings. The Morgan fingerprint density at radius 1 is 1.14 bits per heavy atom. The Morgan fingerprint density at radius 3 is 2.54 bits per heavy atom. The molecule has 0 bridgehead atoms. The van der Waals surface area contributed by atoms with Crippen molar-refractivity contribution in [1.29, 1.82) is 0 Å². The minimum Gasteiger partial charge on any atom is -0.461 e. The third-order valence-electron chi connectivity index (χ3n) is 5.80. The van der Waals surface area contributed by atoms with Crippen molar-refractivity contribution in [2.75, 3.05) is 23.7 Å². The molecule has 7 heteroatoms. The third kappa shape index (κ3) is 8.08. The summed E-state index contributed by atoms with van der Waals surface area (Å²) in [6.07, 6.45) is 9.49. The first-order chi connectivity index (χ1) is 16.6. The fourth-order valence-electron chi connectivity index (χ4n) is 3.92. The Balaban J connectivity index is 1.78. The van der Waals surface area contributed by atoms with Crippen molar-refractivity contribution in [3.63, 3.8) is 0 Å². The zero-order chi connectivity index (χ0) is 25.5. The number of allylic oxidation sites excluding steroid dienone is 4. The predicted molar refractivity (Wildman–Crippen MR) is 145 cm³/mol. The Hall–Kier alpha value is -2.90. The summed E-state index contributed by atoms with van der Waals surface area (Å²) in [6, 6.07) is 16.0. The van der Waals surface area contributed by atoms with Crippen LogP contribution in [-0.2, 0) is 10.1 Å². The first kappa shape index (κ1) is 26.7. The Morgan fingerprint density at radius 2 is 1.89 bits per heavy atom. The third-order valence-corrected chi connectivity index (χ3v) is 6.61. The standard InChI is InChI=1S/C28H36N2O4S/c1-5-30(18-11-19-35(31,32)33)24-15-16-25-22(20-27(28(2,3)4)34-26(25)21-24)12-9-10-17-29-23-13-7-6-8-14-23/h6-9,12-17,20-22H,5,10-11,18-19H2,1-4H3,(H,31,32,33). The smallest absolute Gasteiger partial charge is 0.264 e. The number of nitrogens with zero attached hydrogens (tertiary/aromatic N) is 2. The maximum atomic E-state index is 11.1. The van der Waals surface area contributed by atoms with Crippen LogP contribution < -0.4 is 9.64 Å². The average Bonchev–Trinajstić information content (AvgIpc) is 2.80.